The Morgan fingerprint density at radius 3 is 2.33 bits per heavy atom. The summed E-state index contributed by atoms with van der Waals surface area (Å²) in [6.07, 6.45) is 7.31. The summed E-state index contributed by atoms with van der Waals surface area (Å²) in [5.41, 5.74) is 0.0104. The van der Waals surface area contributed by atoms with Crippen LogP contribution in [0.4, 0.5) is 0 Å². The van der Waals surface area contributed by atoms with E-state index < -0.39 is 0 Å². The molecule has 2 fully saturated rings. The van der Waals surface area contributed by atoms with Crippen LogP contribution in [0.25, 0.3) is 0 Å². The van der Waals surface area contributed by atoms with E-state index in [0.717, 1.165) is 19.4 Å². The fourth-order valence-electron chi connectivity index (χ4n) is 2.48. The van der Waals surface area contributed by atoms with Gasteiger partial charge in [-0.2, -0.15) is 5.26 Å². The van der Waals surface area contributed by atoms with Crippen molar-refractivity contribution in [3.63, 3.8) is 0 Å². The van der Waals surface area contributed by atoms with Crippen molar-refractivity contribution in [1.29, 1.82) is 5.26 Å². The average molecular weight is 164 g/mol. The van der Waals surface area contributed by atoms with Crippen LogP contribution in [0.3, 0.4) is 0 Å². The second kappa shape index (κ2) is 3.06. The molecule has 0 bridgehead atoms. The van der Waals surface area contributed by atoms with Crippen LogP contribution in [0, 0.1) is 16.7 Å². The largest absolute Gasteiger partial charge is 0.312 e. The van der Waals surface area contributed by atoms with Gasteiger partial charge in [0.1, 0.15) is 0 Å². The molecule has 0 aromatic carbocycles. The molecule has 66 valence electrons. The molecular weight excluding hydrogens is 148 g/mol. The molecule has 2 heteroatoms. The lowest BCUT2D eigenvalue weighted by molar-refractivity contribution is 0.139. The van der Waals surface area contributed by atoms with Crippen LogP contribution in [0.1, 0.15) is 38.5 Å². The van der Waals surface area contributed by atoms with Gasteiger partial charge in [0.15, 0.2) is 0 Å². The summed E-state index contributed by atoms with van der Waals surface area (Å²) in [4.78, 5) is 0. The van der Waals surface area contributed by atoms with Gasteiger partial charge in [0.05, 0.1) is 11.5 Å². The highest BCUT2D eigenvalue weighted by Crippen LogP contribution is 2.41. The third kappa shape index (κ3) is 1.13. The third-order valence-corrected chi connectivity index (χ3v) is 3.46. The minimum Gasteiger partial charge on any atom is -0.312 e. The van der Waals surface area contributed by atoms with Crippen molar-refractivity contribution in [2.45, 2.75) is 44.6 Å². The second-order valence-electron chi connectivity index (χ2n) is 4.12. The summed E-state index contributed by atoms with van der Waals surface area (Å²) in [7, 11) is 0. The summed E-state index contributed by atoms with van der Waals surface area (Å²) in [6, 6.07) is 3.07. The van der Waals surface area contributed by atoms with Crippen molar-refractivity contribution in [2.75, 3.05) is 6.54 Å². The smallest absolute Gasteiger partial charge is 0.0727 e. The van der Waals surface area contributed by atoms with Crippen molar-refractivity contribution in [2.24, 2.45) is 5.41 Å². The Labute approximate surface area is 74.0 Å². The number of hydrogen-bond donors (Lipinski definition) is 1. The topological polar surface area (TPSA) is 35.8 Å². The summed E-state index contributed by atoms with van der Waals surface area (Å²) >= 11 is 0. The monoisotopic (exact) mass is 164 g/mol. The fourth-order valence-corrected chi connectivity index (χ4v) is 2.48. The Kier molecular flexibility index (Phi) is 2.06. The molecule has 1 unspecified atom stereocenters. The minimum atomic E-state index is 0.0104. The Hall–Kier alpha value is -0.550. The van der Waals surface area contributed by atoms with Gasteiger partial charge in [0, 0.05) is 6.04 Å². The Morgan fingerprint density at radius 2 is 1.92 bits per heavy atom. The first kappa shape index (κ1) is 8.07. The molecule has 1 saturated heterocycles. The Morgan fingerprint density at radius 1 is 1.25 bits per heavy atom. The lowest BCUT2D eigenvalue weighted by atomic mass is 9.67. The minimum absolute atomic E-state index is 0.0104. The number of hydrogen-bond acceptors (Lipinski definition) is 2. The summed E-state index contributed by atoms with van der Waals surface area (Å²) in [6.45, 7) is 1.12. The van der Waals surface area contributed by atoms with Gasteiger partial charge in [-0.05, 0) is 25.8 Å². The van der Waals surface area contributed by atoms with Gasteiger partial charge in [-0.15, -0.1) is 0 Å². The molecule has 0 spiro atoms. The summed E-state index contributed by atoms with van der Waals surface area (Å²) in [5.74, 6) is 0. The number of nitrogens with one attached hydrogen (secondary N) is 1. The van der Waals surface area contributed by atoms with Crippen LogP contribution < -0.4 is 5.32 Å². The first-order valence-electron chi connectivity index (χ1n) is 5.02. The number of nitrogens with zero attached hydrogens (tertiary/aromatic N) is 1. The normalized spacial score (nSPS) is 33.4. The Bertz CT molecular complexity index is 194. The van der Waals surface area contributed by atoms with Crippen LogP contribution in [0.15, 0.2) is 0 Å². The quantitative estimate of drug-likeness (QED) is 0.641. The standard InChI is InChI=1S/C10H16N2/c11-8-10(9-4-7-12-9)5-2-1-3-6-10/h9,12H,1-7H2. The Balaban J connectivity index is 2.06. The molecule has 1 atom stereocenters. The SMILES string of the molecule is N#CC1(C2CCN2)CCCCC1. The van der Waals surface area contributed by atoms with Gasteiger partial charge in [-0.1, -0.05) is 19.3 Å². The summed E-state index contributed by atoms with van der Waals surface area (Å²) in [5, 5.41) is 12.6. The summed E-state index contributed by atoms with van der Waals surface area (Å²) < 4.78 is 0. The van der Waals surface area contributed by atoms with Gasteiger partial charge in [-0.25, -0.2) is 0 Å². The maximum atomic E-state index is 9.19. The van der Waals surface area contributed by atoms with Crippen LogP contribution in [0.5, 0.6) is 0 Å². The lowest BCUT2D eigenvalue weighted by Gasteiger charge is -2.43. The van der Waals surface area contributed by atoms with Gasteiger partial charge in [0.25, 0.3) is 0 Å². The molecule has 2 aliphatic rings. The van der Waals surface area contributed by atoms with E-state index in [1.165, 1.54) is 25.7 Å². The maximum absolute atomic E-state index is 9.19. The molecule has 1 saturated carbocycles. The first-order chi connectivity index (χ1) is 5.87. The molecule has 12 heavy (non-hydrogen) atoms. The predicted octanol–water partition coefficient (Wildman–Crippen LogP) is 1.82. The second-order valence-corrected chi connectivity index (χ2v) is 4.12. The zero-order valence-corrected chi connectivity index (χ0v) is 7.47. The molecule has 0 aromatic rings. The molecule has 1 N–H and O–H groups in total. The highest BCUT2D eigenvalue weighted by atomic mass is 15.0. The van der Waals surface area contributed by atoms with E-state index in [2.05, 4.69) is 11.4 Å². The van der Waals surface area contributed by atoms with E-state index in [1.54, 1.807) is 0 Å². The van der Waals surface area contributed by atoms with Crippen molar-refractivity contribution >= 4 is 0 Å². The van der Waals surface area contributed by atoms with Crippen molar-refractivity contribution in [3.8, 4) is 6.07 Å². The van der Waals surface area contributed by atoms with E-state index in [-0.39, 0.29) is 5.41 Å². The maximum Gasteiger partial charge on any atom is 0.0727 e. The highest BCUT2D eigenvalue weighted by molar-refractivity contribution is 5.10. The van der Waals surface area contributed by atoms with Gasteiger partial charge in [-0.3, -0.25) is 0 Å². The molecule has 0 radical (unpaired) electrons. The van der Waals surface area contributed by atoms with Crippen molar-refractivity contribution in [3.05, 3.63) is 0 Å². The van der Waals surface area contributed by atoms with Crippen LogP contribution in [-0.4, -0.2) is 12.6 Å². The van der Waals surface area contributed by atoms with Crippen molar-refractivity contribution in [1.82, 2.24) is 5.32 Å². The van der Waals surface area contributed by atoms with Gasteiger partial charge in [0.2, 0.25) is 0 Å². The van der Waals surface area contributed by atoms with Crippen LogP contribution in [-0.2, 0) is 0 Å². The van der Waals surface area contributed by atoms with E-state index in [1.807, 2.05) is 0 Å². The van der Waals surface area contributed by atoms with Crippen LogP contribution in [0.2, 0.25) is 0 Å². The number of nitriles is 1. The zero-order chi connectivity index (χ0) is 8.44. The molecule has 2 nitrogen and oxygen atoms in total. The fraction of sp³-hybridized carbons (Fsp3) is 0.900. The number of rotatable bonds is 1. The lowest BCUT2D eigenvalue weighted by Crippen LogP contribution is -2.54. The molecule has 0 aromatic heterocycles. The molecule has 0 amide bonds. The molecule has 1 aliphatic heterocycles. The predicted molar refractivity (Wildman–Crippen MR) is 47.5 cm³/mol. The average Bonchev–Trinajstić information content (AvgIpc) is 2.03. The van der Waals surface area contributed by atoms with E-state index in [0.29, 0.717) is 6.04 Å². The molecule has 1 heterocycles. The molecular formula is C10H16N2. The van der Waals surface area contributed by atoms with Crippen LogP contribution >= 0.6 is 0 Å². The van der Waals surface area contributed by atoms with E-state index in [9.17, 15) is 5.26 Å². The third-order valence-electron chi connectivity index (χ3n) is 3.46. The van der Waals surface area contributed by atoms with E-state index >= 15 is 0 Å². The molecule has 1 aliphatic carbocycles. The van der Waals surface area contributed by atoms with E-state index in [4.69, 9.17) is 0 Å². The van der Waals surface area contributed by atoms with Crippen molar-refractivity contribution < 1.29 is 0 Å². The highest BCUT2D eigenvalue weighted by Gasteiger charge is 2.42. The molecule has 2 rings (SSSR count). The first-order valence-corrected chi connectivity index (χ1v) is 5.02. The zero-order valence-electron chi connectivity index (χ0n) is 7.47. The van der Waals surface area contributed by atoms with Gasteiger partial charge >= 0.3 is 0 Å². The van der Waals surface area contributed by atoms with Gasteiger partial charge < -0.3 is 5.32 Å².